The van der Waals surface area contributed by atoms with Crippen LogP contribution < -0.4 is 11.1 Å². The zero-order valence-electron chi connectivity index (χ0n) is 11.1. The van der Waals surface area contributed by atoms with Gasteiger partial charge in [-0.1, -0.05) is 11.6 Å². The SMILES string of the molecule is CN(C)C(C)(C)CNC(=O)c1nc(N)ccc1Cl. The quantitative estimate of drug-likeness (QED) is 0.867. The summed E-state index contributed by atoms with van der Waals surface area (Å²) >= 11 is 5.91. The summed E-state index contributed by atoms with van der Waals surface area (Å²) in [7, 11) is 3.91. The van der Waals surface area contributed by atoms with Crippen LogP contribution in [0.1, 0.15) is 24.3 Å². The number of likely N-dealkylation sites (N-methyl/N-ethyl adjacent to an activating group) is 1. The van der Waals surface area contributed by atoms with Crippen LogP contribution in [0, 0.1) is 0 Å². The average Bonchev–Trinajstić information content (AvgIpc) is 2.29. The number of nitrogens with zero attached hydrogens (tertiary/aromatic N) is 2. The molecule has 0 aromatic carbocycles. The van der Waals surface area contributed by atoms with E-state index in [1.54, 1.807) is 12.1 Å². The number of pyridine rings is 1. The molecule has 1 heterocycles. The standard InChI is InChI=1S/C12H19ClN4O/c1-12(2,17(3)4)7-15-11(18)10-8(13)5-6-9(14)16-10/h5-6H,7H2,1-4H3,(H2,14,16)(H,15,18). The highest BCUT2D eigenvalue weighted by Gasteiger charge is 2.22. The van der Waals surface area contributed by atoms with Crippen molar-refractivity contribution in [3.05, 3.63) is 22.8 Å². The Balaban J connectivity index is 2.75. The molecule has 1 amide bonds. The number of carbonyl (C=O) groups is 1. The Morgan fingerprint density at radius 2 is 2.11 bits per heavy atom. The molecule has 0 saturated carbocycles. The predicted octanol–water partition coefficient (Wildman–Crippen LogP) is 1.39. The minimum absolute atomic E-state index is 0.150. The molecule has 1 aromatic rings. The number of carbonyl (C=O) groups excluding carboxylic acids is 1. The third-order valence-electron chi connectivity index (χ3n) is 2.97. The van der Waals surface area contributed by atoms with E-state index >= 15 is 0 Å². The predicted molar refractivity (Wildman–Crippen MR) is 73.8 cm³/mol. The molecule has 0 aliphatic heterocycles. The van der Waals surface area contributed by atoms with Crippen molar-refractivity contribution in [1.82, 2.24) is 15.2 Å². The maximum absolute atomic E-state index is 12.0. The lowest BCUT2D eigenvalue weighted by atomic mass is 10.0. The van der Waals surface area contributed by atoms with E-state index in [0.717, 1.165) is 0 Å². The zero-order chi connectivity index (χ0) is 13.9. The summed E-state index contributed by atoms with van der Waals surface area (Å²) in [6.45, 7) is 4.55. The fourth-order valence-electron chi connectivity index (χ4n) is 1.15. The summed E-state index contributed by atoms with van der Waals surface area (Å²) in [5.41, 5.74) is 5.55. The Kier molecular flexibility index (Phi) is 4.53. The summed E-state index contributed by atoms with van der Waals surface area (Å²) in [6.07, 6.45) is 0. The molecule has 1 rings (SSSR count). The number of rotatable bonds is 4. The van der Waals surface area contributed by atoms with Gasteiger partial charge >= 0.3 is 0 Å². The number of nitrogen functional groups attached to an aromatic ring is 1. The maximum atomic E-state index is 12.0. The number of nitrogens with two attached hydrogens (primary N) is 1. The van der Waals surface area contributed by atoms with E-state index in [1.165, 1.54) is 0 Å². The molecule has 18 heavy (non-hydrogen) atoms. The topological polar surface area (TPSA) is 71.2 Å². The summed E-state index contributed by atoms with van der Waals surface area (Å²) in [5, 5.41) is 3.10. The van der Waals surface area contributed by atoms with Crippen molar-refractivity contribution < 1.29 is 4.79 Å². The Hall–Kier alpha value is -1.33. The van der Waals surface area contributed by atoms with Crippen LogP contribution >= 0.6 is 11.6 Å². The molecule has 0 aliphatic rings. The van der Waals surface area contributed by atoms with Crippen molar-refractivity contribution in [1.29, 1.82) is 0 Å². The monoisotopic (exact) mass is 270 g/mol. The fourth-order valence-corrected chi connectivity index (χ4v) is 1.35. The summed E-state index contributed by atoms with van der Waals surface area (Å²) in [6, 6.07) is 3.12. The summed E-state index contributed by atoms with van der Waals surface area (Å²) in [5.74, 6) is -0.0429. The molecule has 100 valence electrons. The van der Waals surface area contributed by atoms with Crippen LogP contribution in [-0.4, -0.2) is 42.0 Å². The van der Waals surface area contributed by atoms with E-state index < -0.39 is 0 Å². The van der Waals surface area contributed by atoms with Gasteiger partial charge in [0.15, 0.2) is 0 Å². The van der Waals surface area contributed by atoms with E-state index in [-0.39, 0.29) is 23.0 Å². The van der Waals surface area contributed by atoms with Crippen molar-refractivity contribution >= 4 is 23.3 Å². The largest absolute Gasteiger partial charge is 0.384 e. The van der Waals surface area contributed by atoms with E-state index in [4.69, 9.17) is 17.3 Å². The maximum Gasteiger partial charge on any atom is 0.271 e. The molecule has 0 unspecified atom stereocenters. The van der Waals surface area contributed by atoms with Crippen LogP contribution in [0.2, 0.25) is 5.02 Å². The third kappa shape index (κ3) is 3.58. The molecule has 0 atom stereocenters. The molecule has 0 saturated heterocycles. The van der Waals surface area contributed by atoms with Gasteiger partial charge in [0.1, 0.15) is 11.5 Å². The molecule has 1 aromatic heterocycles. The first kappa shape index (κ1) is 14.7. The molecular weight excluding hydrogens is 252 g/mol. The van der Waals surface area contributed by atoms with Crippen molar-refractivity contribution in [3.8, 4) is 0 Å². The lowest BCUT2D eigenvalue weighted by Crippen LogP contribution is -2.48. The molecule has 0 aliphatic carbocycles. The molecule has 0 bridgehead atoms. The van der Waals surface area contributed by atoms with Gasteiger partial charge < -0.3 is 16.0 Å². The normalized spacial score (nSPS) is 11.7. The van der Waals surface area contributed by atoms with Gasteiger partial charge in [0.25, 0.3) is 5.91 Å². The van der Waals surface area contributed by atoms with Gasteiger partial charge in [-0.3, -0.25) is 4.79 Å². The first-order valence-corrected chi connectivity index (χ1v) is 5.99. The lowest BCUT2D eigenvalue weighted by Gasteiger charge is -2.32. The van der Waals surface area contributed by atoms with E-state index in [0.29, 0.717) is 11.6 Å². The third-order valence-corrected chi connectivity index (χ3v) is 3.28. The van der Waals surface area contributed by atoms with Gasteiger partial charge in [-0.05, 0) is 40.1 Å². The molecule has 0 fully saturated rings. The first-order valence-electron chi connectivity index (χ1n) is 5.61. The van der Waals surface area contributed by atoms with Gasteiger partial charge in [-0.15, -0.1) is 0 Å². The second kappa shape index (κ2) is 5.54. The highest BCUT2D eigenvalue weighted by molar-refractivity contribution is 6.33. The minimum Gasteiger partial charge on any atom is -0.384 e. The molecule has 0 spiro atoms. The van der Waals surface area contributed by atoms with Crippen molar-refractivity contribution in [2.75, 3.05) is 26.4 Å². The Labute approximate surface area is 112 Å². The highest BCUT2D eigenvalue weighted by atomic mass is 35.5. The van der Waals surface area contributed by atoms with Crippen LogP contribution in [0.25, 0.3) is 0 Å². The van der Waals surface area contributed by atoms with Crippen LogP contribution in [0.5, 0.6) is 0 Å². The molecule has 0 radical (unpaired) electrons. The first-order chi connectivity index (χ1) is 8.24. The van der Waals surface area contributed by atoms with Crippen LogP contribution in [0.15, 0.2) is 12.1 Å². The van der Waals surface area contributed by atoms with Gasteiger partial charge in [-0.2, -0.15) is 0 Å². The van der Waals surface area contributed by atoms with Crippen molar-refractivity contribution in [2.45, 2.75) is 19.4 Å². The summed E-state index contributed by atoms with van der Waals surface area (Å²) < 4.78 is 0. The minimum atomic E-state index is -0.317. The molecular formula is C12H19ClN4O. The van der Waals surface area contributed by atoms with Gasteiger partial charge in [-0.25, -0.2) is 4.98 Å². The van der Waals surface area contributed by atoms with E-state index in [2.05, 4.69) is 10.3 Å². The molecule has 3 N–H and O–H groups in total. The number of nitrogens with one attached hydrogen (secondary N) is 1. The second-order valence-corrected chi connectivity index (χ2v) is 5.36. The van der Waals surface area contributed by atoms with Gasteiger partial charge in [0.05, 0.1) is 5.02 Å². The average molecular weight is 271 g/mol. The van der Waals surface area contributed by atoms with Crippen molar-refractivity contribution in [3.63, 3.8) is 0 Å². The van der Waals surface area contributed by atoms with Crippen LogP contribution in [-0.2, 0) is 0 Å². The van der Waals surface area contributed by atoms with Crippen LogP contribution in [0.4, 0.5) is 5.82 Å². The van der Waals surface area contributed by atoms with Gasteiger partial charge in [0.2, 0.25) is 0 Å². The number of amides is 1. The number of anilines is 1. The molecule has 5 nitrogen and oxygen atoms in total. The van der Waals surface area contributed by atoms with E-state index in [1.807, 2.05) is 32.8 Å². The number of hydrogen-bond acceptors (Lipinski definition) is 4. The van der Waals surface area contributed by atoms with Crippen LogP contribution in [0.3, 0.4) is 0 Å². The molecule has 6 heteroatoms. The van der Waals surface area contributed by atoms with E-state index in [9.17, 15) is 4.79 Å². The number of aromatic nitrogens is 1. The lowest BCUT2D eigenvalue weighted by molar-refractivity contribution is 0.0915. The Morgan fingerprint density at radius 1 is 1.50 bits per heavy atom. The second-order valence-electron chi connectivity index (χ2n) is 4.96. The summed E-state index contributed by atoms with van der Waals surface area (Å²) in [4.78, 5) is 17.9. The Bertz CT molecular complexity index is 446. The number of halogens is 1. The fraction of sp³-hybridized carbons (Fsp3) is 0.500. The van der Waals surface area contributed by atoms with Gasteiger partial charge in [0, 0.05) is 12.1 Å². The van der Waals surface area contributed by atoms with Crippen molar-refractivity contribution in [2.24, 2.45) is 0 Å². The smallest absolute Gasteiger partial charge is 0.271 e. The zero-order valence-corrected chi connectivity index (χ0v) is 11.9. The number of hydrogen-bond donors (Lipinski definition) is 2. The Morgan fingerprint density at radius 3 is 2.67 bits per heavy atom. The highest BCUT2D eigenvalue weighted by Crippen LogP contribution is 2.15.